The Hall–Kier alpha value is -1.86. The molecule has 0 radical (unpaired) electrons. The number of thioether (sulfide) groups is 1. The fourth-order valence-electron chi connectivity index (χ4n) is 1.91. The van der Waals surface area contributed by atoms with Gasteiger partial charge in [0.25, 0.3) is 5.91 Å². The predicted molar refractivity (Wildman–Crippen MR) is 95.5 cm³/mol. The fourth-order valence-corrected chi connectivity index (χ4v) is 3.43. The summed E-state index contributed by atoms with van der Waals surface area (Å²) in [6, 6.07) is 5.87. The number of aromatic nitrogens is 2. The van der Waals surface area contributed by atoms with Crippen molar-refractivity contribution in [2.45, 2.75) is 31.2 Å². The molecule has 7 heteroatoms. The summed E-state index contributed by atoms with van der Waals surface area (Å²) in [5, 5.41) is 11.2. The highest BCUT2D eigenvalue weighted by Crippen LogP contribution is 2.25. The third-order valence-electron chi connectivity index (χ3n) is 2.84. The molecule has 1 aromatic heterocycles. The number of nitrogens with one attached hydrogen (secondary N) is 1. The molecule has 2 rings (SSSR count). The molecule has 0 bridgehead atoms. The largest absolute Gasteiger partial charge is 0.481 e. The van der Waals surface area contributed by atoms with E-state index in [1.54, 1.807) is 13.0 Å². The molecular weight excluding hydrogens is 330 g/mol. The van der Waals surface area contributed by atoms with E-state index in [1.807, 2.05) is 26.0 Å². The zero-order valence-corrected chi connectivity index (χ0v) is 15.0. The van der Waals surface area contributed by atoms with Gasteiger partial charge in [-0.25, -0.2) is 0 Å². The molecule has 5 nitrogen and oxygen atoms in total. The minimum absolute atomic E-state index is 0.249. The Labute approximate surface area is 144 Å². The molecule has 0 saturated heterocycles. The van der Waals surface area contributed by atoms with Crippen LogP contribution in [-0.4, -0.2) is 28.0 Å². The first-order valence-corrected chi connectivity index (χ1v) is 8.91. The second kappa shape index (κ2) is 8.12. The van der Waals surface area contributed by atoms with Crippen molar-refractivity contribution in [1.29, 1.82) is 0 Å². The van der Waals surface area contributed by atoms with Crippen molar-refractivity contribution in [3.63, 3.8) is 0 Å². The monoisotopic (exact) mass is 349 g/mol. The number of amides is 1. The highest BCUT2D eigenvalue weighted by atomic mass is 32.2. The van der Waals surface area contributed by atoms with E-state index in [9.17, 15) is 4.79 Å². The molecular formula is C16H19N3O2S2. The Balaban J connectivity index is 1.94. The van der Waals surface area contributed by atoms with E-state index in [4.69, 9.17) is 4.74 Å². The summed E-state index contributed by atoms with van der Waals surface area (Å²) in [7, 11) is 0. The number of ether oxygens (including phenoxy) is 1. The maximum atomic E-state index is 12.2. The molecule has 0 aliphatic rings. The molecule has 1 heterocycles. The van der Waals surface area contributed by atoms with E-state index in [0.29, 0.717) is 10.9 Å². The zero-order chi connectivity index (χ0) is 16.8. The van der Waals surface area contributed by atoms with Crippen LogP contribution in [-0.2, 0) is 4.79 Å². The van der Waals surface area contributed by atoms with Crippen LogP contribution in [0.25, 0.3) is 0 Å². The Morgan fingerprint density at radius 2 is 2.09 bits per heavy atom. The van der Waals surface area contributed by atoms with Crippen molar-refractivity contribution in [2.75, 3.05) is 11.1 Å². The van der Waals surface area contributed by atoms with Gasteiger partial charge in [0.1, 0.15) is 5.75 Å². The first-order chi connectivity index (χ1) is 11.0. The minimum Gasteiger partial charge on any atom is -0.481 e. The van der Waals surface area contributed by atoms with E-state index < -0.39 is 6.10 Å². The Bertz CT molecular complexity index is 680. The number of carbonyl (C=O) groups excluding carboxylic acids is 1. The lowest BCUT2D eigenvalue weighted by atomic mass is 10.1. The SMILES string of the molecule is C=CCSc1nnc(NC(=O)C(C)Oc2cc(C)cc(C)c2)s1. The quantitative estimate of drug-likeness (QED) is 0.467. The zero-order valence-electron chi connectivity index (χ0n) is 13.3. The van der Waals surface area contributed by atoms with Crippen molar-refractivity contribution in [3.05, 3.63) is 42.0 Å². The number of aryl methyl sites for hydroxylation is 2. The number of carbonyl (C=O) groups is 1. The lowest BCUT2D eigenvalue weighted by Crippen LogP contribution is -2.30. The van der Waals surface area contributed by atoms with E-state index in [0.717, 1.165) is 21.2 Å². The van der Waals surface area contributed by atoms with Crippen LogP contribution >= 0.6 is 23.1 Å². The van der Waals surface area contributed by atoms with Crippen LogP contribution in [0.15, 0.2) is 35.2 Å². The van der Waals surface area contributed by atoms with Crippen LogP contribution in [0.4, 0.5) is 5.13 Å². The van der Waals surface area contributed by atoms with Gasteiger partial charge in [-0.05, 0) is 44.0 Å². The van der Waals surface area contributed by atoms with Gasteiger partial charge in [-0.1, -0.05) is 35.2 Å². The molecule has 0 spiro atoms. The summed E-state index contributed by atoms with van der Waals surface area (Å²) in [6.07, 6.45) is 1.17. The van der Waals surface area contributed by atoms with Gasteiger partial charge in [-0.15, -0.1) is 16.8 Å². The van der Waals surface area contributed by atoms with Crippen molar-refractivity contribution in [1.82, 2.24) is 10.2 Å². The Kier molecular flexibility index (Phi) is 6.18. The van der Waals surface area contributed by atoms with Gasteiger partial charge in [0.2, 0.25) is 5.13 Å². The molecule has 1 aromatic carbocycles. The molecule has 0 saturated carbocycles. The average Bonchev–Trinajstić information content (AvgIpc) is 2.91. The van der Waals surface area contributed by atoms with Crippen molar-refractivity contribution in [3.8, 4) is 5.75 Å². The second-order valence-corrected chi connectivity index (χ2v) is 7.29. The number of rotatable bonds is 7. The van der Waals surface area contributed by atoms with Gasteiger partial charge < -0.3 is 4.74 Å². The predicted octanol–water partition coefficient (Wildman–Crippen LogP) is 3.84. The molecule has 0 aliphatic carbocycles. The van der Waals surface area contributed by atoms with Gasteiger partial charge in [0.05, 0.1) is 0 Å². The third kappa shape index (κ3) is 5.37. The average molecular weight is 349 g/mol. The van der Waals surface area contributed by atoms with E-state index >= 15 is 0 Å². The Morgan fingerprint density at radius 3 is 2.74 bits per heavy atom. The van der Waals surface area contributed by atoms with Crippen LogP contribution in [0.3, 0.4) is 0 Å². The molecule has 122 valence electrons. The first-order valence-electron chi connectivity index (χ1n) is 7.11. The van der Waals surface area contributed by atoms with Gasteiger partial charge in [0.15, 0.2) is 10.4 Å². The van der Waals surface area contributed by atoms with Crippen molar-refractivity contribution in [2.24, 2.45) is 0 Å². The van der Waals surface area contributed by atoms with Crippen molar-refractivity contribution < 1.29 is 9.53 Å². The lowest BCUT2D eigenvalue weighted by Gasteiger charge is -2.14. The van der Waals surface area contributed by atoms with Gasteiger partial charge in [0, 0.05) is 5.75 Å². The second-order valence-electron chi connectivity index (χ2n) is 5.05. The normalized spacial score (nSPS) is 11.8. The fraction of sp³-hybridized carbons (Fsp3) is 0.312. The maximum absolute atomic E-state index is 12.2. The number of hydrogen-bond donors (Lipinski definition) is 1. The molecule has 1 N–H and O–H groups in total. The number of nitrogens with zero attached hydrogens (tertiary/aromatic N) is 2. The van der Waals surface area contributed by atoms with Gasteiger partial charge in [-0.3, -0.25) is 10.1 Å². The molecule has 1 atom stereocenters. The number of benzene rings is 1. The summed E-state index contributed by atoms with van der Waals surface area (Å²) < 4.78 is 6.50. The minimum atomic E-state index is -0.621. The topological polar surface area (TPSA) is 64.1 Å². The number of anilines is 1. The third-order valence-corrected chi connectivity index (χ3v) is 4.81. The molecule has 1 amide bonds. The van der Waals surface area contributed by atoms with Crippen LogP contribution in [0.2, 0.25) is 0 Å². The standard InChI is InChI=1S/C16H19N3O2S2/c1-5-6-22-16-19-18-15(23-16)17-14(20)12(4)21-13-8-10(2)7-11(3)9-13/h5,7-9,12H,1,6H2,2-4H3,(H,17,18,20). The van der Waals surface area contributed by atoms with Crippen LogP contribution in [0.1, 0.15) is 18.1 Å². The van der Waals surface area contributed by atoms with Crippen LogP contribution < -0.4 is 10.1 Å². The lowest BCUT2D eigenvalue weighted by molar-refractivity contribution is -0.122. The van der Waals surface area contributed by atoms with Crippen molar-refractivity contribution >= 4 is 34.1 Å². The molecule has 2 aromatic rings. The smallest absolute Gasteiger partial charge is 0.266 e. The maximum Gasteiger partial charge on any atom is 0.266 e. The first kappa shape index (κ1) is 17.5. The van der Waals surface area contributed by atoms with Crippen LogP contribution in [0.5, 0.6) is 5.75 Å². The van der Waals surface area contributed by atoms with E-state index in [1.165, 1.54) is 23.1 Å². The van der Waals surface area contributed by atoms with Crippen LogP contribution in [0, 0.1) is 13.8 Å². The van der Waals surface area contributed by atoms with E-state index in [2.05, 4.69) is 28.2 Å². The molecule has 0 aliphatic heterocycles. The van der Waals surface area contributed by atoms with Gasteiger partial charge in [-0.2, -0.15) is 0 Å². The highest BCUT2D eigenvalue weighted by molar-refractivity contribution is 8.01. The summed E-state index contributed by atoms with van der Waals surface area (Å²) in [5.41, 5.74) is 2.20. The summed E-state index contributed by atoms with van der Waals surface area (Å²) >= 11 is 2.86. The Morgan fingerprint density at radius 1 is 1.39 bits per heavy atom. The van der Waals surface area contributed by atoms with E-state index in [-0.39, 0.29) is 5.91 Å². The summed E-state index contributed by atoms with van der Waals surface area (Å²) in [6.45, 7) is 9.35. The highest BCUT2D eigenvalue weighted by Gasteiger charge is 2.17. The summed E-state index contributed by atoms with van der Waals surface area (Å²) in [4.78, 5) is 12.2. The summed E-state index contributed by atoms with van der Waals surface area (Å²) in [5.74, 6) is 1.19. The molecule has 23 heavy (non-hydrogen) atoms. The number of hydrogen-bond acceptors (Lipinski definition) is 6. The molecule has 0 fully saturated rings. The van der Waals surface area contributed by atoms with Gasteiger partial charge >= 0.3 is 0 Å². The molecule has 1 unspecified atom stereocenters.